The number of benzene rings is 1. The molecule has 5 heteroatoms. The van der Waals surface area contributed by atoms with Gasteiger partial charge in [0.2, 0.25) is 0 Å². The average molecular weight is 274 g/mol. The molecule has 0 saturated carbocycles. The number of ether oxygens (including phenoxy) is 2. The Hall–Kier alpha value is -2.01. The van der Waals surface area contributed by atoms with Gasteiger partial charge in [-0.1, -0.05) is 12.1 Å². The van der Waals surface area contributed by atoms with E-state index in [-0.39, 0.29) is 0 Å². The lowest BCUT2D eigenvalue weighted by Gasteiger charge is -2.23. The van der Waals surface area contributed by atoms with Crippen molar-refractivity contribution >= 4 is 0 Å². The van der Waals surface area contributed by atoms with Gasteiger partial charge in [0.05, 0.1) is 12.3 Å². The van der Waals surface area contributed by atoms with Gasteiger partial charge in [-0.05, 0) is 24.5 Å². The molecule has 20 heavy (non-hydrogen) atoms. The van der Waals surface area contributed by atoms with E-state index in [0.29, 0.717) is 31.1 Å². The van der Waals surface area contributed by atoms with Crippen LogP contribution in [0.3, 0.4) is 0 Å². The molecule has 0 radical (unpaired) electrons. The van der Waals surface area contributed by atoms with Gasteiger partial charge in [0.1, 0.15) is 13.2 Å². The van der Waals surface area contributed by atoms with E-state index in [1.54, 1.807) is 4.68 Å². The van der Waals surface area contributed by atoms with E-state index in [0.717, 1.165) is 17.5 Å². The molecular weight excluding hydrogens is 256 g/mol. The van der Waals surface area contributed by atoms with Crippen molar-refractivity contribution in [3.63, 3.8) is 0 Å². The van der Waals surface area contributed by atoms with E-state index in [1.807, 2.05) is 37.6 Å². The van der Waals surface area contributed by atoms with Crippen LogP contribution in [0.5, 0.6) is 11.5 Å². The minimum Gasteiger partial charge on any atom is -0.486 e. The normalized spacial score (nSPS) is 15.1. The summed E-state index contributed by atoms with van der Waals surface area (Å²) >= 11 is 0. The number of aliphatic hydroxyl groups excluding tert-OH is 1. The van der Waals surface area contributed by atoms with Crippen LogP contribution in [0, 0.1) is 0 Å². The Morgan fingerprint density at radius 2 is 2.20 bits per heavy atom. The number of rotatable bonds is 4. The van der Waals surface area contributed by atoms with E-state index in [2.05, 4.69) is 5.10 Å². The molecule has 0 fully saturated rings. The molecule has 5 nitrogen and oxygen atoms in total. The van der Waals surface area contributed by atoms with Crippen LogP contribution in [0.15, 0.2) is 30.6 Å². The van der Waals surface area contributed by atoms with Gasteiger partial charge >= 0.3 is 0 Å². The van der Waals surface area contributed by atoms with Crippen molar-refractivity contribution in [1.29, 1.82) is 0 Å². The predicted octanol–water partition coefficient (Wildman–Crippen LogP) is 1.86. The summed E-state index contributed by atoms with van der Waals surface area (Å²) in [5, 5.41) is 14.5. The number of para-hydroxylation sites is 1. The maximum absolute atomic E-state index is 10.4. The molecule has 0 saturated heterocycles. The second-order valence-corrected chi connectivity index (χ2v) is 4.95. The maximum atomic E-state index is 10.4. The van der Waals surface area contributed by atoms with Crippen molar-refractivity contribution < 1.29 is 14.6 Å². The number of nitrogens with zero attached hydrogens (tertiary/aromatic N) is 2. The number of hydrogen-bond acceptors (Lipinski definition) is 4. The molecule has 2 heterocycles. The van der Waals surface area contributed by atoms with Crippen molar-refractivity contribution in [2.24, 2.45) is 7.05 Å². The summed E-state index contributed by atoms with van der Waals surface area (Å²) in [6.07, 6.45) is 4.64. The number of aliphatic hydroxyl groups is 1. The van der Waals surface area contributed by atoms with E-state index in [4.69, 9.17) is 9.47 Å². The molecule has 1 aromatic carbocycles. The standard InChI is InChI=1S/C15H18N2O3/c1-17-10-11(9-16-17)5-6-13(18)12-3-2-4-14-15(12)20-8-7-19-14/h2-4,9-10,13,18H,5-8H2,1H3. The molecule has 1 aliphatic rings. The first kappa shape index (κ1) is 13.0. The monoisotopic (exact) mass is 274 g/mol. The fraction of sp³-hybridized carbons (Fsp3) is 0.400. The highest BCUT2D eigenvalue weighted by Gasteiger charge is 2.20. The van der Waals surface area contributed by atoms with Crippen molar-refractivity contribution in [3.8, 4) is 11.5 Å². The van der Waals surface area contributed by atoms with Gasteiger partial charge in [0.15, 0.2) is 11.5 Å². The Balaban J connectivity index is 1.72. The molecular formula is C15H18N2O3. The third kappa shape index (κ3) is 2.63. The molecule has 1 unspecified atom stereocenters. The fourth-order valence-electron chi connectivity index (χ4n) is 2.42. The molecule has 0 aliphatic carbocycles. The summed E-state index contributed by atoms with van der Waals surface area (Å²) in [6, 6.07) is 5.64. The van der Waals surface area contributed by atoms with Crippen LogP contribution in [0.4, 0.5) is 0 Å². The lowest BCUT2D eigenvalue weighted by molar-refractivity contribution is 0.141. The van der Waals surface area contributed by atoms with E-state index >= 15 is 0 Å². The number of aryl methyl sites for hydroxylation is 2. The molecule has 106 valence electrons. The molecule has 1 N–H and O–H groups in total. The van der Waals surface area contributed by atoms with E-state index < -0.39 is 6.10 Å². The molecule has 1 atom stereocenters. The van der Waals surface area contributed by atoms with Gasteiger partial charge in [-0.3, -0.25) is 4.68 Å². The molecule has 0 amide bonds. The lowest BCUT2D eigenvalue weighted by Crippen LogP contribution is -2.17. The Morgan fingerprint density at radius 3 is 3.00 bits per heavy atom. The lowest BCUT2D eigenvalue weighted by atomic mass is 10.0. The smallest absolute Gasteiger partial charge is 0.167 e. The molecule has 2 aromatic rings. The Kier molecular flexibility index (Phi) is 3.60. The van der Waals surface area contributed by atoms with Crippen LogP contribution in [0.2, 0.25) is 0 Å². The Bertz CT molecular complexity index is 595. The summed E-state index contributed by atoms with van der Waals surface area (Å²) in [4.78, 5) is 0. The van der Waals surface area contributed by atoms with Gasteiger partial charge < -0.3 is 14.6 Å². The SMILES string of the molecule is Cn1cc(CCC(O)c2cccc3c2OCCO3)cn1. The summed E-state index contributed by atoms with van der Waals surface area (Å²) in [5.74, 6) is 1.40. The number of fused-ring (bicyclic) bond motifs is 1. The van der Waals surface area contributed by atoms with Crippen LogP contribution < -0.4 is 9.47 Å². The first-order valence-electron chi connectivity index (χ1n) is 6.78. The topological polar surface area (TPSA) is 56.5 Å². The Morgan fingerprint density at radius 1 is 1.35 bits per heavy atom. The molecule has 0 spiro atoms. The van der Waals surface area contributed by atoms with Gasteiger partial charge in [-0.15, -0.1) is 0 Å². The van der Waals surface area contributed by atoms with Crippen LogP contribution in [-0.2, 0) is 13.5 Å². The van der Waals surface area contributed by atoms with Crippen LogP contribution in [-0.4, -0.2) is 28.1 Å². The van der Waals surface area contributed by atoms with Crippen molar-refractivity contribution in [2.45, 2.75) is 18.9 Å². The zero-order valence-corrected chi connectivity index (χ0v) is 11.5. The fourth-order valence-corrected chi connectivity index (χ4v) is 2.42. The number of aromatic nitrogens is 2. The third-order valence-corrected chi connectivity index (χ3v) is 3.42. The molecule has 0 bridgehead atoms. The van der Waals surface area contributed by atoms with Crippen LogP contribution >= 0.6 is 0 Å². The zero-order valence-electron chi connectivity index (χ0n) is 11.5. The van der Waals surface area contributed by atoms with Crippen molar-refractivity contribution in [3.05, 3.63) is 41.7 Å². The van der Waals surface area contributed by atoms with Gasteiger partial charge in [0.25, 0.3) is 0 Å². The minimum absolute atomic E-state index is 0.527. The Labute approximate surface area is 117 Å². The largest absolute Gasteiger partial charge is 0.486 e. The minimum atomic E-state index is -0.563. The number of hydrogen-bond donors (Lipinski definition) is 1. The molecule has 3 rings (SSSR count). The first-order chi connectivity index (χ1) is 9.74. The second kappa shape index (κ2) is 5.54. The highest BCUT2D eigenvalue weighted by molar-refractivity contribution is 5.48. The van der Waals surface area contributed by atoms with E-state index in [1.165, 1.54) is 0 Å². The maximum Gasteiger partial charge on any atom is 0.167 e. The first-order valence-corrected chi connectivity index (χ1v) is 6.78. The molecule has 1 aliphatic heterocycles. The third-order valence-electron chi connectivity index (χ3n) is 3.42. The molecule has 1 aromatic heterocycles. The summed E-state index contributed by atoms with van der Waals surface area (Å²) in [5.41, 5.74) is 1.92. The quantitative estimate of drug-likeness (QED) is 0.924. The summed E-state index contributed by atoms with van der Waals surface area (Å²) in [6.45, 7) is 1.08. The van der Waals surface area contributed by atoms with E-state index in [9.17, 15) is 5.11 Å². The average Bonchev–Trinajstić information content (AvgIpc) is 2.90. The van der Waals surface area contributed by atoms with Gasteiger partial charge in [0, 0.05) is 18.8 Å². The van der Waals surface area contributed by atoms with Crippen LogP contribution in [0.1, 0.15) is 23.7 Å². The van der Waals surface area contributed by atoms with Crippen molar-refractivity contribution in [2.75, 3.05) is 13.2 Å². The predicted molar refractivity (Wildman–Crippen MR) is 73.9 cm³/mol. The van der Waals surface area contributed by atoms with Gasteiger partial charge in [-0.25, -0.2) is 0 Å². The highest BCUT2D eigenvalue weighted by atomic mass is 16.6. The summed E-state index contributed by atoms with van der Waals surface area (Å²) < 4.78 is 12.9. The highest BCUT2D eigenvalue weighted by Crippen LogP contribution is 2.38. The van der Waals surface area contributed by atoms with Gasteiger partial charge in [-0.2, -0.15) is 5.10 Å². The van der Waals surface area contributed by atoms with Crippen molar-refractivity contribution in [1.82, 2.24) is 9.78 Å². The van der Waals surface area contributed by atoms with Crippen LogP contribution in [0.25, 0.3) is 0 Å². The second-order valence-electron chi connectivity index (χ2n) is 4.95. The summed E-state index contributed by atoms with van der Waals surface area (Å²) in [7, 11) is 1.89. The zero-order chi connectivity index (χ0) is 13.9.